The summed E-state index contributed by atoms with van der Waals surface area (Å²) in [5.74, 6) is 0.0912. The number of hydrazone groups is 1. The monoisotopic (exact) mass is 361 g/mol. The van der Waals surface area contributed by atoms with E-state index < -0.39 is 0 Å². The van der Waals surface area contributed by atoms with Gasteiger partial charge < -0.3 is 10.0 Å². The van der Waals surface area contributed by atoms with Gasteiger partial charge in [0.2, 0.25) is 5.91 Å². The van der Waals surface area contributed by atoms with Crippen molar-refractivity contribution in [2.24, 2.45) is 5.10 Å². The molecule has 0 heterocycles. The first kappa shape index (κ1) is 22.0. The first-order chi connectivity index (χ1) is 12.6. The second kappa shape index (κ2) is 13.2. The number of hydrogen-bond donors (Lipinski definition) is 2. The third kappa shape index (κ3) is 8.37. The molecule has 5 heteroatoms. The Morgan fingerprint density at radius 3 is 2.35 bits per heavy atom. The minimum absolute atomic E-state index is 0.0749. The van der Waals surface area contributed by atoms with Crippen molar-refractivity contribution in [3.05, 3.63) is 23.8 Å². The number of carbonyl (C=O) groups is 1. The maximum absolute atomic E-state index is 11.8. The van der Waals surface area contributed by atoms with Crippen LogP contribution in [0.4, 0.5) is 5.69 Å². The number of aromatic hydroxyl groups is 1. The fourth-order valence-corrected chi connectivity index (χ4v) is 2.90. The molecule has 0 fully saturated rings. The second-order valence-corrected chi connectivity index (χ2v) is 6.58. The number of nitrogens with one attached hydrogen (secondary N) is 1. The molecule has 0 spiro atoms. The minimum atomic E-state index is -0.0749. The number of unbranched alkanes of at least 4 members (excludes halogenated alkanes) is 6. The van der Waals surface area contributed by atoms with Crippen molar-refractivity contribution in [1.82, 2.24) is 5.43 Å². The highest BCUT2D eigenvalue weighted by atomic mass is 16.3. The Bertz CT molecular complexity index is 554. The van der Waals surface area contributed by atoms with Gasteiger partial charge in [-0.25, -0.2) is 5.43 Å². The molecule has 0 radical (unpaired) electrons. The van der Waals surface area contributed by atoms with Gasteiger partial charge in [-0.3, -0.25) is 4.79 Å². The predicted molar refractivity (Wildman–Crippen MR) is 110 cm³/mol. The number of rotatable bonds is 13. The fraction of sp³-hybridized carbons (Fsp3) is 0.619. The lowest BCUT2D eigenvalue weighted by Crippen LogP contribution is -2.21. The quantitative estimate of drug-likeness (QED) is 0.300. The number of benzene rings is 1. The van der Waals surface area contributed by atoms with E-state index in [4.69, 9.17) is 0 Å². The SMILES string of the molecule is CCCCCCCCCC(=O)NN=Cc1ccc(N(CC)CC)cc1O. The van der Waals surface area contributed by atoms with Crippen molar-refractivity contribution < 1.29 is 9.90 Å². The predicted octanol–water partition coefficient (Wildman–Crippen LogP) is 4.83. The van der Waals surface area contributed by atoms with E-state index in [1.165, 1.54) is 38.3 Å². The molecule has 5 nitrogen and oxygen atoms in total. The van der Waals surface area contributed by atoms with Gasteiger partial charge in [-0.05, 0) is 32.4 Å². The van der Waals surface area contributed by atoms with Gasteiger partial charge in [0.05, 0.1) is 6.21 Å². The van der Waals surface area contributed by atoms with Crippen LogP contribution in [0.25, 0.3) is 0 Å². The van der Waals surface area contributed by atoms with Crippen molar-refractivity contribution in [3.63, 3.8) is 0 Å². The average molecular weight is 362 g/mol. The summed E-state index contributed by atoms with van der Waals surface area (Å²) in [5.41, 5.74) is 4.11. The van der Waals surface area contributed by atoms with Gasteiger partial charge >= 0.3 is 0 Å². The molecule has 0 atom stereocenters. The van der Waals surface area contributed by atoms with Crippen LogP contribution < -0.4 is 10.3 Å². The van der Waals surface area contributed by atoms with Crippen molar-refractivity contribution >= 4 is 17.8 Å². The Labute approximate surface area is 158 Å². The van der Waals surface area contributed by atoms with Gasteiger partial charge in [0.1, 0.15) is 5.75 Å². The molecule has 0 saturated carbocycles. The summed E-state index contributed by atoms with van der Waals surface area (Å²) >= 11 is 0. The Morgan fingerprint density at radius 2 is 1.73 bits per heavy atom. The Kier molecular flexibility index (Phi) is 11.2. The van der Waals surface area contributed by atoms with Crippen LogP contribution in [0.5, 0.6) is 5.75 Å². The molecule has 146 valence electrons. The highest BCUT2D eigenvalue weighted by Gasteiger charge is 2.06. The maximum atomic E-state index is 11.8. The molecule has 0 aliphatic rings. The average Bonchev–Trinajstić information content (AvgIpc) is 2.63. The van der Waals surface area contributed by atoms with E-state index in [2.05, 4.69) is 36.2 Å². The van der Waals surface area contributed by atoms with Crippen LogP contribution in [0.3, 0.4) is 0 Å². The highest BCUT2D eigenvalue weighted by Crippen LogP contribution is 2.23. The van der Waals surface area contributed by atoms with Crippen molar-refractivity contribution in [2.75, 3.05) is 18.0 Å². The van der Waals surface area contributed by atoms with Crippen LogP contribution >= 0.6 is 0 Å². The first-order valence-electron chi connectivity index (χ1n) is 10.0. The lowest BCUT2D eigenvalue weighted by Gasteiger charge is -2.21. The van der Waals surface area contributed by atoms with E-state index in [0.29, 0.717) is 12.0 Å². The summed E-state index contributed by atoms with van der Waals surface area (Å²) in [6, 6.07) is 5.50. The molecule has 1 aromatic rings. The summed E-state index contributed by atoms with van der Waals surface area (Å²) < 4.78 is 0. The highest BCUT2D eigenvalue weighted by molar-refractivity contribution is 5.86. The molecule has 0 aliphatic heterocycles. The largest absolute Gasteiger partial charge is 0.507 e. The number of carbonyl (C=O) groups excluding carboxylic acids is 1. The third-order valence-electron chi connectivity index (χ3n) is 4.54. The zero-order valence-corrected chi connectivity index (χ0v) is 16.6. The number of phenols is 1. The van der Waals surface area contributed by atoms with Crippen LogP contribution in [0.2, 0.25) is 0 Å². The molecule has 1 rings (SSSR count). The van der Waals surface area contributed by atoms with Crippen LogP contribution in [0.15, 0.2) is 23.3 Å². The summed E-state index contributed by atoms with van der Waals surface area (Å²) in [5, 5.41) is 14.1. The van der Waals surface area contributed by atoms with E-state index >= 15 is 0 Å². The van der Waals surface area contributed by atoms with E-state index in [1.807, 2.05) is 12.1 Å². The molecular weight excluding hydrogens is 326 g/mol. The Morgan fingerprint density at radius 1 is 1.08 bits per heavy atom. The van der Waals surface area contributed by atoms with E-state index in [0.717, 1.165) is 31.6 Å². The zero-order valence-electron chi connectivity index (χ0n) is 16.6. The minimum Gasteiger partial charge on any atom is -0.507 e. The van der Waals surface area contributed by atoms with Crippen molar-refractivity contribution in [2.45, 2.75) is 72.1 Å². The third-order valence-corrected chi connectivity index (χ3v) is 4.54. The summed E-state index contributed by atoms with van der Waals surface area (Å²) in [6.07, 6.45) is 10.3. The standard InChI is InChI=1S/C21H35N3O2/c1-4-7-8-9-10-11-12-13-21(26)23-22-17-18-14-15-19(16-20(18)25)24(5-2)6-3/h14-17,25H,4-13H2,1-3H3,(H,23,26). The number of phenolic OH excluding ortho intramolecular Hbond substituents is 1. The van der Waals surface area contributed by atoms with Crippen molar-refractivity contribution in [3.8, 4) is 5.75 Å². The van der Waals surface area contributed by atoms with Gasteiger partial charge in [-0.15, -0.1) is 0 Å². The van der Waals surface area contributed by atoms with Crippen LogP contribution in [-0.2, 0) is 4.79 Å². The summed E-state index contributed by atoms with van der Waals surface area (Å²) in [6.45, 7) is 8.15. The van der Waals surface area contributed by atoms with Gasteiger partial charge in [0.15, 0.2) is 0 Å². The normalized spacial score (nSPS) is 11.0. The number of hydrogen-bond acceptors (Lipinski definition) is 4. The van der Waals surface area contributed by atoms with Gasteiger partial charge in [0, 0.05) is 36.8 Å². The summed E-state index contributed by atoms with van der Waals surface area (Å²) in [4.78, 5) is 13.9. The molecule has 0 saturated heterocycles. The lowest BCUT2D eigenvalue weighted by atomic mass is 10.1. The van der Waals surface area contributed by atoms with Crippen LogP contribution in [-0.4, -0.2) is 30.3 Å². The maximum Gasteiger partial charge on any atom is 0.240 e. The number of amides is 1. The number of anilines is 1. The van der Waals surface area contributed by atoms with Crippen molar-refractivity contribution in [1.29, 1.82) is 0 Å². The van der Waals surface area contributed by atoms with E-state index in [-0.39, 0.29) is 11.7 Å². The molecule has 0 unspecified atom stereocenters. The summed E-state index contributed by atoms with van der Waals surface area (Å²) in [7, 11) is 0. The topological polar surface area (TPSA) is 64.9 Å². The molecular formula is C21H35N3O2. The van der Waals surface area contributed by atoms with Crippen LogP contribution in [0.1, 0.15) is 77.7 Å². The lowest BCUT2D eigenvalue weighted by molar-refractivity contribution is -0.121. The second-order valence-electron chi connectivity index (χ2n) is 6.58. The fourth-order valence-electron chi connectivity index (χ4n) is 2.90. The van der Waals surface area contributed by atoms with Crippen LogP contribution in [0, 0.1) is 0 Å². The smallest absolute Gasteiger partial charge is 0.240 e. The van der Waals surface area contributed by atoms with E-state index in [9.17, 15) is 9.90 Å². The molecule has 0 aromatic heterocycles. The Balaban J connectivity index is 2.33. The molecule has 1 aromatic carbocycles. The Hall–Kier alpha value is -2.04. The van der Waals surface area contributed by atoms with E-state index in [1.54, 1.807) is 6.07 Å². The van der Waals surface area contributed by atoms with Gasteiger partial charge in [-0.1, -0.05) is 45.4 Å². The first-order valence-corrected chi connectivity index (χ1v) is 10.0. The molecule has 0 bridgehead atoms. The number of nitrogens with zero attached hydrogens (tertiary/aromatic N) is 2. The molecule has 1 amide bonds. The molecule has 26 heavy (non-hydrogen) atoms. The van der Waals surface area contributed by atoms with Gasteiger partial charge in [-0.2, -0.15) is 5.10 Å². The van der Waals surface area contributed by atoms with Gasteiger partial charge in [0.25, 0.3) is 0 Å². The molecule has 2 N–H and O–H groups in total. The molecule has 0 aliphatic carbocycles. The zero-order chi connectivity index (χ0) is 19.2.